The minimum atomic E-state index is 0.577. The first kappa shape index (κ1) is 13.1. The predicted octanol–water partition coefficient (Wildman–Crippen LogP) is 3.21. The van der Waals surface area contributed by atoms with Crippen LogP contribution in [0.5, 0.6) is 0 Å². The van der Waals surface area contributed by atoms with Crippen LogP contribution in [-0.2, 0) is 0 Å². The molecule has 1 fully saturated rings. The third-order valence-corrected chi connectivity index (χ3v) is 3.43. The van der Waals surface area contributed by atoms with Gasteiger partial charge in [-0.1, -0.05) is 13.8 Å². The average molecular weight is 248 g/mol. The minimum Gasteiger partial charge on any atom is -0.367 e. The number of hydrogen-bond donors (Lipinski definition) is 2. The molecule has 0 amide bonds. The van der Waals surface area contributed by atoms with E-state index in [-0.39, 0.29) is 0 Å². The number of aromatic nitrogens is 2. The summed E-state index contributed by atoms with van der Waals surface area (Å²) in [5.41, 5.74) is 1.01. The predicted molar refractivity (Wildman–Crippen MR) is 76.0 cm³/mol. The van der Waals surface area contributed by atoms with Gasteiger partial charge >= 0.3 is 0 Å². The Morgan fingerprint density at radius 1 is 1.33 bits per heavy atom. The van der Waals surface area contributed by atoms with Crippen LogP contribution >= 0.6 is 0 Å². The summed E-state index contributed by atoms with van der Waals surface area (Å²) in [5.74, 6) is 2.54. The van der Waals surface area contributed by atoms with Crippen LogP contribution in [0.25, 0.3) is 0 Å². The maximum atomic E-state index is 4.53. The Morgan fingerprint density at radius 3 is 2.83 bits per heavy atom. The molecular weight excluding hydrogens is 224 g/mol. The van der Waals surface area contributed by atoms with E-state index in [1.807, 2.05) is 13.0 Å². The van der Waals surface area contributed by atoms with Gasteiger partial charge in [-0.3, -0.25) is 0 Å². The Balaban J connectivity index is 2.00. The molecule has 100 valence electrons. The molecule has 1 aromatic heterocycles. The first-order chi connectivity index (χ1) is 8.67. The first-order valence-electron chi connectivity index (χ1n) is 7.03. The Kier molecular flexibility index (Phi) is 4.39. The van der Waals surface area contributed by atoms with Crippen molar-refractivity contribution in [3.05, 3.63) is 11.8 Å². The molecule has 0 bridgehead atoms. The lowest BCUT2D eigenvalue weighted by molar-refractivity contribution is 0.602. The fraction of sp³-hybridized carbons (Fsp3) is 0.714. The summed E-state index contributed by atoms with van der Waals surface area (Å²) >= 11 is 0. The Hall–Kier alpha value is -1.32. The SMILES string of the molecule is CCCNc1nc(C)cc(NC2CCC(C)C2)n1. The van der Waals surface area contributed by atoms with Crippen LogP contribution in [0.1, 0.15) is 45.2 Å². The van der Waals surface area contributed by atoms with Gasteiger partial charge < -0.3 is 10.6 Å². The van der Waals surface area contributed by atoms with Crippen molar-refractivity contribution in [2.75, 3.05) is 17.2 Å². The molecule has 1 saturated carbocycles. The van der Waals surface area contributed by atoms with E-state index in [9.17, 15) is 0 Å². The number of rotatable bonds is 5. The maximum absolute atomic E-state index is 4.53. The molecule has 1 aliphatic carbocycles. The first-order valence-corrected chi connectivity index (χ1v) is 7.03. The summed E-state index contributed by atoms with van der Waals surface area (Å²) in [6, 6.07) is 2.61. The maximum Gasteiger partial charge on any atom is 0.224 e. The van der Waals surface area contributed by atoms with Crippen molar-refractivity contribution in [1.29, 1.82) is 0 Å². The highest BCUT2D eigenvalue weighted by Gasteiger charge is 2.21. The average Bonchev–Trinajstić information content (AvgIpc) is 2.71. The van der Waals surface area contributed by atoms with Gasteiger partial charge in [0, 0.05) is 24.3 Å². The fourth-order valence-corrected chi connectivity index (χ4v) is 2.51. The van der Waals surface area contributed by atoms with Crippen molar-refractivity contribution < 1.29 is 0 Å². The van der Waals surface area contributed by atoms with Crippen molar-refractivity contribution >= 4 is 11.8 Å². The molecule has 1 aromatic rings. The summed E-state index contributed by atoms with van der Waals surface area (Å²) in [6.07, 6.45) is 4.91. The molecule has 0 aliphatic heterocycles. The zero-order chi connectivity index (χ0) is 13.0. The molecule has 1 aliphatic rings. The quantitative estimate of drug-likeness (QED) is 0.840. The topological polar surface area (TPSA) is 49.8 Å². The van der Waals surface area contributed by atoms with E-state index >= 15 is 0 Å². The lowest BCUT2D eigenvalue weighted by Crippen LogP contribution is -2.17. The number of nitrogens with zero attached hydrogens (tertiary/aromatic N) is 2. The highest BCUT2D eigenvalue weighted by Crippen LogP contribution is 2.27. The van der Waals surface area contributed by atoms with Gasteiger partial charge in [-0.15, -0.1) is 0 Å². The van der Waals surface area contributed by atoms with Crippen molar-refractivity contribution in [1.82, 2.24) is 9.97 Å². The van der Waals surface area contributed by atoms with Crippen LogP contribution in [0, 0.1) is 12.8 Å². The van der Waals surface area contributed by atoms with Gasteiger partial charge in [-0.2, -0.15) is 4.98 Å². The molecule has 2 atom stereocenters. The second-order valence-electron chi connectivity index (χ2n) is 5.40. The molecule has 0 aromatic carbocycles. The van der Waals surface area contributed by atoms with Gasteiger partial charge in [-0.25, -0.2) is 4.98 Å². The smallest absolute Gasteiger partial charge is 0.224 e. The van der Waals surface area contributed by atoms with Crippen molar-refractivity contribution in [2.45, 2.75) is 52.5 Å². The van der Waals surface area contributed by atoms with E-state index in [0.29, 0.717) is 6.04 Å². The third kappa shape index (κ3) is 3.59. The van der Waals surface area contributed by atoms with E-state index in [1.54, 1.807) is 0 Å². The summed E-state index contributed by atoms with van der Waals surface area (Å²) in [4.78, 5) is 8.92. The zero-order valence-electron chi connectivity index (χ0n) is 11.7. The molecule has 4 heteroatoms. The molecule has 0 saturated heterocycles. The molecule has 0 spiro atoms. The molecule has 2 rings (SSSR count). The Labute approximate surface area is 110 Å². The second kappa shape index (κ2) is 6.03. The van der Waals surface area contributed by atoms with Crippen molar-refractivity contribution in [3.63, 3.8) is 0 Å². The van der Waals surface area contributed by atoms with Crippen LogP contribution < -0.4 is 10.6 Å². The van der Waals surface area contributed by atoms with Crippen molar-refractivity contribution in [2.24, 2.45) is 5.92 Å². The van der Waals surface area contributed by atoms with Crippen LogP contribution in [0.2, 0.25) is 0 Å². The van der Waals surface area contributed by atoms with Crippen LogP contribution in [0.15, 0.2) is 6.07 Å². The van der Waals surface area contributed by atoms with Gasteiger partial charge in [0.1, 0.15) is 5.82 Å². The normalized spacial score (nSPS) is 23.1. The van der Waals surface area contributed by atoms with E-state index < -0.39 is 0 Å². The monoisotopic (exact) mass is 248 g/mol. The van der Waals surface area contributed by atoms with Gasteiger partial charge in [0.05, 0.1) is 0 Å². The molecular formula is C14H24N4. The standard InChI is InChI=1S/C14H24N4/c1-4-7-15-14-16-11(3)9-13(18-14)17-12-6-5-10(2)8-12/h9-10,12H,4-8H2,1-3H3,(H2,15,16,17,18). The second-order valence-corrected chi connectivity index (χ2v) is 5.40. The Morgan fingerprint density at radius 2 is 2.17 bits per heavy atom. The van der Waals surface area contributed by atoms with E-state index in [2.05, 4.69) is 34.4 Å². The van der Waals surface area contributed by atoms with E-state index in [4.69, 9.17) is 0 Å². The molecule has 4 nitrogen and oxygen atoms in total. The van der Waals surface area contributed by atoms with Gasteiger partial charge in [0.15, 0.2) is 0 Å². The van der Waals surface area contributed by atoms with E-state index in [0.717, 1.165) is 36.3 Å². The van der Waals surface area contributed by atoms with Crippen LogP contribution in [-0.4, -0.2) is 22.6 Å². The number of anilines is 2. The summed E-state index contributed by atoms with van der Waals surface area (Å²) < 4.78 is 0. The van der Waals surface area contributed by atoms with Gasteiger partial charge in [0.25, 0.3) is 0 Å². The molecule has 18 heavy (non-hydrogen) atoms. The fourth-order valence-electron chi connectivity index (χ4n) is 2.51. The van der Waals surface area contributed by atoms with E-state index in [1.165, 1.54) is 19.3 Å². The largest absolute Gasteiger partial charge is 0.367 e. The lowest BCUT2D eigenvalue weighted by Gasteiger charge is -2.14. The lowest BCUT2D eigenvalue weighted by atomic mass is 10.1. The highest BCUT2D eigenvalue weighted by molar-refractivity contribution is 5.43. The Bertz CT molecular complexity index is 391. The molecule has 2 unspecified atom stereocenters. The molecule has 1 heterocycles. The van der Waals surface area contributed by atoms with Gasteiger partial charge in [-0.05, 0) is 38.5 Å². The third-order valence-electron chi connectivity index (χ3n) is 3.43. The molecule has 0 radical (unpaired) electrons. The van der Waals surface area contributed by atoms with Crippen LogP contribution in [0.4, 0.5) is 11.8 Å². The van der Waals surface area contributed by atoms with Crippen LogP contribution in [0.3, 0.4) is 0 Å². The molecule has 2 N–H and O–H groups in total. The zero-order valence-corrected chi connectivity index (χ0v) is 11.7. The number of aryl methyl sites for hydroxylation is 1. The number of hydrogen-bond acceptors (Lipinski definition) is 4. The minimum absolute atomic E-state index is 0.577. The van der Waals surface area contributed by atoms with Crippen molar-refractivity contribution in [3.8, 4) is 0 Å². The highest BCUT2D eigenvalue weighted by atomic mass is 15.1. The summed E-state index contributed by atoms with van der Waals surface area (Å²) in [5, 5.41) is 6.78. The van der Waals surface area contributed by atoms with Gasteiger partial charge in [0.2, 0.25) is 5.95 Å². The number of nitrogens with one attached hydrogen (secondary N) is 2. The summed E-state index contributed by atoms with van der Waals surface area (Å²) in [6.45, 7) is 7.40. The summed E-state index contributed by atoms with van der Waals surface area (Å²) in [7, 11) is 0.